The van der Waals surface area contributed by atoms with E-state index in [9.17, 15) is 19.5 Å². The Hall–Kier alpha value is -2.45. The number of likely N-dealkylation sites (N-methyl/N-ethyl adjacent to an activating group) is 1. The molecule has 0 aromatic heterocycles. The van der Waals surface area contributed by atoms with Crippen LogP contribution in [0.15, 0.2) is 36.5 Å². The number of nitrogens with zero attached hydrogens (tertiary/aromatic N) is 1. The van der Waals surface area contributed by atoms with Crippen molar-refractivity contribution in [1.82, 2.24) is 0 Å². The van der Waals surface area contributed by atoms with Crippen molar-refractivity contribution >= 4 is 17.9 Å². The molecule has 0 heterocycles. The highest BCUT2D eigenvalue weighted by Gasteiger charge is 2.25. The van der Waals surface area contributed by atoms with Crippen LogP contribution in [-0.4, -0.2) is 75.5 Å². The molecule has 0 aliphatic rings. The maximum Gasteiger partial charge on any atom is 0.306 e. The van der Waals surface area contributed by atoms with Gasteiger partial charge in [-0.25, -0.2) is 0 Å². The Kier molecular flexibility index (Phi) is 45.3. The molecular weight excluding hydrogens is 799 g/mol. The summed E-state index contributed by atoms with van der Waals surface area (Å²) < 4.78 is 17.3. The van der Waals surface area contributed by atoms with Crippen molar-refractivity contribution in [2.45, 2.75) is 264 Å². The fourth-order valence-corrected chi connectivity index (χ4v) is 8.04. The predicted molar refractivity (Wildman–Crippen MR) is 268 cm³/mol. The minimum Gasteiger partial charge on any atom is -0.544 e. The average molecular weight is 902 g/mol. The van der Waals surface area contributed by atoms with E-state index in [1.165, 1.54) is 173 Å². The fourth-order valence-electron chi connectivity index (χ4n) is 8.04. The Morgan fingerprint density at radius 2 is 0.828 bits per heavy atom. The number of carboxylic acids is 1. The largest absolute Gasteiger partial charge is 0.544 e. The van der Waals surface area contributed by atoms with E-state index in [4.69, 9.17) is 14.2 Å². The Balaban J connectivity index is 4.20. The first-order valence-electron chi connectivity index (χ1n) is 27.0. The number of carboxylic acid groups (broad SMARTS) is 1. The van der Waals surface area contributed by atoms with Crippen LogP contribution < -0.4 is 5.11 Å². The summed E-state index contributed by atoms with van der Waals surface area (Å²) in [7, 11) is 5.42. The Morgan fingerprint density at radius 1 is 0.469 bits per heavy atom. The zero-order valence-corrected chi connectivity index (χ0v) is 42.7. The minimum atomic E-state index is -1.12. The number of carbonyl (C=O) groups excluding carboxylic acids is 3. The molecule has 0 rings (SSSR count). The number of quaternary nitrogens is 1. The number of rotatable bonds is 49. The number of ether oxygens (including phenoxy) is 3. The molecule has 374 valence electrons. The molecule has 0 N–H and O–H groups in total. The summed E-state index contributed by atoms with van der Waals surface area (Å²) in [6, 6.07) is -0.726. The van der Waals surface area contributed by atoms with Crippen LogP contribution in [0.25, 0.3) is 0 Å². The molecule has 64 heavy (non-hydrogen) atoms. The summed E-state index contributed by atoms with van der Waals surface area (Å²) in [4.78, 5) is 37.1. The number of aliphatic carboxylic acids is 1. The predicted octanol–water partition coefficient (Wildman–Crippen LogP) is 14.4. The summed E-state index contributed by atoms with van der Waals surface area (Å²) in [5.74, 6) is -1.73. The molecule has 2 atom stereocenters. The van der Waals surface area contributed by atoms with Crippen molar-refractivity contribution < 1.29 is 38.2 Å². The topological polar surface area (TPSA) is 102 Å². The van der Waals surface area contributed by atoms with Crippen LogP contribution in [0.1, 0.15) is 251 Å². The van der Waals surface area contributed by atoms with Gasteiger partial charge in [-0.15, -0.1) is 0 Å². The molecule has 0 saturated carbocycles. The third kappa shape index (κ3) is 44.7. The van der Waals surface area contributed by atoms with Crippen molar-refractivity contribution in [3.05, 3.63) is 36.5 Å². The maximum atomic E-state index is 12.8. The summed E-state index contributed by atoms with van der Waals surface area (Å²) in [5, 5.41) is 11.7. The molecule has 0 aliphatic carbocycles. The number of hydrogen-bond donors (Lipinski definition) is 0. The number of unbranched alkanes of at least 4 members (excludes halogenated alkanes) is 29. The normalized spacial score (nSPS) is 13.1. The number of esters is 2. The van der Waals surface area contributed by atoms with Crippen LogP contribution in [-0.2, 0) is 28.6 Å². The minimum absolute atomic E-state index is 0.0408. The third-order valence-corrected chi connectivity index (χ3v) is 12.2. The first-order valence-corrected chi connectivity index (χ1v) is 27.0. The van der Waals surface area contributed by atoms with Crippen LogP contribution in [0.3, 0.4) is 0 Å². The summed E-state index contributed by atoms with van der Waals surface area (Å²) >= 11 is 0. The Morgan fingerprint density at radius 3 is 1.22 bits per heavy atom. The van der Waals surface area contributed by atoms with E-state index in [0.717, 1.165) is 44.9 Å². The third-order valence-electron chi connectivity index (χ3n) is 12.2. The fraction of sp³-hybridized carbons (Fsp3) is 0.839. The van der Waals surface area contributed by atoms with Gasteiger partial charge in [0.1, 0.15) is 12.6 Å². The van der Waals surface area contributed by atoms with E-state index in [0.29, 0.717) is 12.8 Å². The first kappa shape index (κ1) is 61.5. The van der Waals surface area contributed by atoms with E-state index in [-0.39, 0.29) is 42.7 Å². The van der Waals surface area contributed by atoms with Crippen LogP contribution in [0.5, 0.6) is 0 Å². The van der Waals surface area contributed by atoms with Gasteiger partial charge in [0.05, 0.1) is 40.3 Å². The van der Waals surface area contributed by atoms with Crippen LogP contribution >= 0.6 is 0 Å². The van der Waals surface area contributed by atoms with Gasteiger partial charge in [0.2, 0.25) is 0 Å². The quantitative estimate of drug-likeness (QED) is 0.0259. The number of hydrogen-bond acceptors (Lipinski definition) is 7. The second kappa shape index (κ2) is 47.1. The molecule has 0 radical (unpaired) electrons. The van der Waals surface area contributed by atoms with Gasteiger partial charge in [0.25, 0.3) is 0 Å². The molecule has 0 bridgehead atoms. The van der Waals surface area contributed by atoms with Gasteiger partial charge in [-0.05, 0) is 70.6 Å². The lowest BCUT2D eigenvalue weighted by Crippen LogP contribution is -2.55. The second-order valence-corrected chi connectivity index (χ2v) is 19.5. The molecule has 2 unspecified atom stereocenters. The van der Waals surface area contributed by atoms with Gasteiger partial charge in [-0.1, -0.05) is 198 Å². The van der Waals surface area contributed by atoms with Gasteiger partial charge < -0.3 is 28.6 Å². The molecule has 0 aliphatic heterocycles. The number of carbonyl (C=O) groups is 3. The molecule has 8 nitrogen and oxygen atoms in total. The zero-order chi connectivity index (χ0) is 47.0. The lowest BCUT2D eigenvalue weighted by atomic mass is 10.0. The summed E-state index contributed by atoms with van der Waals surface area (Å²) in [6.07, 6.45) is 56.0. The highest BCUT2D eigenvalue weighted by atomic mass is 16.6. The molecule has 0 aromatic carbocycles. The van der Waals surface area contributed by atoms with Crippen LogP contribution in [0.4, 0.5) is 0 Å². The number of allylic oxidation sites excluding steroid dienone is 6. The van der Waals surface area contributed by atoms with E-state index in [1.54, 1.807) is 0 Å². The van der Waals surface area contributed by atoms with Crippen molar-refractivity contribution in [3.8, 4) is 0 Å². The first-order chi connectivity index (χ1) is 31.1. The van der Waals surface area contributed by atoms with Gasteiger partial charge in [-0.3, -0.25) is 9.59 Å². The van der Waals surface area contributed by atoms with Gasteiger partial charge >= 0.3 is 11.9 Å². The lowest BCUT2D eigenvalue weighted by Gasteiger charge is -2.34. The smallest absolute Gasteiger partial charge is 0.306 e. The van der Waals surface area contributed by atoms with E-state index in [1.807, 2.05) is 21.1 Å². The molecule has 0 saturated heterocycles. The van der Waals surface area contributed by atoms with Crippen molar-refractivity contribution in [1.29, 1.82) is 0 Å². The Labute approximate surface area is 395 Å². The molecule has 0 aromatic rings. The molecule has 0 fully saturated rings. The van der Waals surface area contributed by atoms with Crippen molar-refractivity contribution in [2.24, 2.45) is 0 Å². The van der Waals surface area contributed by atoms with Gasteiger partial charge in [0, 0.05) is 19.3 Å². The summed E-state index contributed by atoms with van der Waals surface area (Å²) in [6.45, 7) is 4.67. The SMILES string of the molecule is CCCCCCC/C=C\C/C=C\CCCCCCCCCCCCCC(=O)OC(COCCC(C(=O)[O-])[N+](C)(C)C)COC(=O)CCCCCCCCC/C=C\CCCCCCCC. The van der Waals surface area contributed by atoms with Crippen LogP contribution in [0, 0.1) is 0 Å². The molecular formula is C56H103NO7. The molecule has 0 amide bonds. The maximum absolute atomic E-state index is 12.8. The van der Waals surface area contributed by atoms with Crippen molar-refractivity contribution in [2.75, 3.05) is 41.0 Å². The monoisotopic (exact) mass is 902 g/mol. The standard InChI is InChI=1S/C56H103NO7/c1-6-8-10-12-14-16-18-20-22-24-25-26-27-28-29-31-33-35-37-39-41-43-45-47-55(59)64-52(50-62-49-48-53(56(60)61)57(3,4)5)51-63-54(58)46-44-42-40-38-36-34-32-30-23-21-19-17-15-13-11-9-7-2/h18,20-21,23-25,52-53H,6-17,19,22,26-51H2,1-5H3/b20-18-,23-21-,25-24-. The Bertz CT molecular complexity index is 1140. The second-order valence-electron chi connectivity index (χ2n) is 19.5. The zero-order valence-electron chi connectivity index (χ0n) is 42.7. The lowest BCUT2D eigenvalue weighted by molar-refractivity contribution is -0.889. The van der Waals surface area contributed by atoms with E-state index >= 15 is 0 Å². The highest BCUT2D eigenvalue weighted by Crippen LogP contribution is 2.16. The van der Waals surface area contributed by atoms with E-state index < -0.39 is 18.1 Å². The van der Waals surface area contributed by atoms with E-state index in [2.05, 4.69) is 50.3 Å². The van der Waals surface area contributed by atoms with Crippen LogP contribution in [0.2, 0.25) is 0 Å². The summed E-state index contributed by atoms with van der Waals surface area (Å²) in [5.41, 5.74) is 0. The average Bonchev–Trinajstić information content (AvgIpc) is 3.26. The van der Waals surface area contributed by atoms with Gasteiger partial charge in [0.15, 0.2) is 6.10 Å². The molecule has 8 heteroatoms. The van der Waals surface area contributed by atoms with Gasteiger partial charge in [-0.2, -0.15) is 0 Å². The highest BCUT2D eigenvalue weighted by molar-refractivity contribution is 5.70. The molecule has 0 spiro atoms. The van der Waals surface area contributed by atoms with Crippen molar-refractivity contribution in [3.63, 3.8) is 0 Å².